The SMILES string of the molecule is CCCCC#CC(O)(CCl)c1ccc(F)cc1. The summed E-state index contributed by atoms with van der Waals surface area (Å²) < 4.78 is 12.8. The Labute approximate surface area is 107 Å². The predicted octanol–water partition coefficient (Wildman–Crippen LogP) is 3.45. The fourth-order valence-corrected chi connectivity index (χ4v) is 1.60. The first kappa shape index (κ1) is 14.0. The summed E-state index contributed by atoms with van der Waals surface area (Å²) in [7, 11) is 0. The van der Waals surface area contributed by atoms with Gasteiger partial charge in [0.1, 0.15) is 5.82 Å². The molecule has 0 fully saturated rings. The van der Waals surface area contributed by atoms with E-state index in [0.29, 0.717) is 5.56 Å². The first-order valence-corrected chi connectivity index (χ1v) is 6.20. The molecule has 0 bridgehead atoms. The van der Waals surface area contributed by atoms with Crippen molar-refractivity contribution in [3.8, 4) is 11.8 Å². The van der Waals surface area contributed by atoms with Gasteiger partial charge in [-0.05, 0) is 24.1 Å². The lowest BCUT2D eigenvalue weighted by molar-refractivity contribution is 0.125. The van der Waals surface area contributed by atoms with Crippen LogP contribution in [0.2, 0.25) is 0 Å². The van der Waals surface area contributed by atoms with E-state index in [0.717, 1.165) is 19.3 Å². The number of hydrogen-bond acceptors (Lipinski definition) is 1. The van der Waals surface area contributed by atoms with E-state index in [9.17, 15) is 9.50 Å². The van der Waals surface area contributed by atoms with Crippen molar-refractivity contribution < 1.29 is 9.50 Å². The Balaban J connectivity index is 2.86. The molecular weight excluding hydrogens is 239 g/mol. The van der Waals surface area contributed by atoms with Crippen molar-refractivity contribution in [2.24, 2.45) is 0 Å². The highest BCUT2D eigenvalue weighted by atomic mass is 35.5. The standard InChI is InChI=1S/C14H16ClFO/c1-2-3-4-5-10-14(17,11-15)12-6-8-13(16)9-7-12/h6-9,17H,2-4,11H2,1H3. The molecule has 1 nitrogen and oxygen atoms in total. The third-order valence-electron chi connectivity index (χ3n) is 2.47. The Hall–Kier alpha value is -1.04. The Kier molecular flexibility index (Phi) is 5.47. The summed E-state index contributed by atoms with van der Waals surface area (Å²) in [6.07, 6.45) is 2.79. The first-order valence-electron chi connectivity index (χ1n) is 5.67. The highest BCUT2D eigenvalue weighted by Gasteiger charge is 2.25. The van der Waals surface area contributed by atoms with E-state index in [4.69, 9.17) is 11.6 Å². The first-order chi connectivity index (χ1) is 8.12. The summed E-state index contributed by atoms with van der Waals surface area (Å²) in [6.45, 7) is 2.08. The van der Waals surface area contributed by atoms with Crippen molar-refractivity contribution in [1.82, 2.24) is 0 Å². The fourth-order valence-electron chi connectivity index (χ4n) is 1.38. The van der Waals surface area contributed by atoms with Crippen LogP contribution >= 0.6 is 11.6 Å². The lowest BCUT2D eigenvalue weighted by atomic mass is 9.96. The molecule has 1 N–H and O–H groups in total. The maximum Gasteiger partial charge on any atom is 0.164 e. The number of benzene rings is 1. The molecule has 0 aliphatic heterocycles. The van der Waals surface area contributed by atoms with Gasteiger partial charge in [-0.3, -0.25) is 0 Å². The number of halogens is 2. The van der Waals surface area contributed by atoms with Crippen LogP contribution in [0.5, 0.6) is 0 Å². The summed E-state index contributed by atoms with van der Waals surface area (Å²) in [5.41, 5.74) is -0.860. The predicted molar refractivity (Wildman–Crippen MR) is 68.3 cm³/mol. The van der Waals surface area contributed by atoms with Crippen LogP contribution in [-0.4, -0.2) is 11.0 Å². The lowest BCUT2D eigenvalue weighted by Crippen LogP contribution is -2.25. The average molecular weight is 255 g/mol. The van der Waals surface area contributed by atoms with Crippen molar-refractivity contribution in [3.63, 3.8) is 0 Å². The van der Waals surface area contributed by atoms with Gasteiger partial charge in [0.05, 0.1) is 5.88 Å². The van der Waals surface area contributed by atoms with E-state index < -0.39 is 5.60 Å². The van der Waals surface area contributed by atoms with Crippen molar-refractivity contribution in [2.75, 3.05) is 5.88 Å². The smallest absolute Gasteiger partial charge is 0.164 e. The molecule has 0 amide bonds. The molecule has 1 rings (SSSR count). The fraction of sp³-hybridized carbons (Fsp3) is 0.429. The second-order valence-electron chi connectivity index (χ2n) is 3.91. The monoisotopic (exact) mass is 254 g/mol. The van der Waals surface area contributed by atoms with Gasteiger partial charge in [0.25, 0.3) is 0 Å². The van der Waals surface area contributed by atoms with Gasteiger partial charge in [0, 0.05) is 6.42 Å². The minimum atomic E-state index is -1.39. The highest BCUT2D eigenvalue weighted by Crippen LogP contribution is 2.22. The Bertz CT molecular complexity index is 404. The van der Waals surface area contributed by atoms with Gasteiger partial charge in [-0.2, -0.15) is 0 Å². The minimum absolute atomic E-state index is 0.0300. The van der Waals surface area contributed by atoms with Crippen LogP contribution in [-0.2, 0) is 5.60 Å². The number of alkyl halides is 1. The third-order valence-corrected chi connectivity index (χ3v) is 2.85. The number of aliphatic hydroxyl groups is 1. The van der Waals surface area contributed by atoms with Crippen LogP contribution in [0.15, 0.2) is 24.3 Å². The molecule has 0 radical (unpaired) electrons. The molecule has 1 unspecified atom stereocenters. The third kappa shape index (κ3) is 4.03. The molecule has 92 valence electrons. The van der Waals surface area contributed by atoms with E-state index >= 15 is 0 Å². The molecule has 0 aliphatic rings. The van der Waals surface area contributed by atoms with Crippen LogP contribution in [0.1, 0.15) is 31.7 Å². The van der Waals surface area contributed by atoms with Gasteiger partial charge in [-0.25, -0.2) is 4.39 Å². The second kappa shape index (κ2) is 6.64. The summed E-state index contributed by atoms with van der Waals surface area (Å²) >= 11 is 5.75. The topological polar surface area (TPSA) is 20.2 Å². The van der Waals surface area contributed by atoms with E-state index in [1.807, 2.05) is 0 Å². The maximum absolute atomic E-state index is 12.8. The molecule has 0 heterocycles. The minimum Gasteiger partial charge on any atom is -0.372 e. The van der Waals surface area contributed by atoms with Gasteiger partial charge in [0.15, 0.2) is 5.60 Å². The molecule has 0 aliphatic carbocycles. The lowest BCUT2D eigenvalue weighted by Gasteiger charge is -2.19. The van der Waals surface area contributed by atoms with Crippen molar-refractivity contribution in [3.05, 3.63) is 35.6 Å². The number of unbranched alkanes of at least 4 members (excludes halogenated alkanes) is 2. The molecule has 3 heteroatoms. The Morgan fingerprint density at radius 2 is 2.00 bits per heavy atom. The molecule has 0 aromatic heterocycles. The van der Waals surface area contributed by atoms with E-state index in [-0.39, 0.29) is 11.7 Å². The van der Waals surface area contributed by atoms with Crippen LogP contribution in [0.3, 0.4) is 0 Å². The van der Waals surface area contributed by atoms with Gasteiger partial charge < -0.3 is 5.11 Å². The molecule has 1 atom stereocenters. The van der Waals surface area contributed by atoms with Crippen molar-refractivity contribution >= 4 is 11.6 Å². The normalized spacial score (nSPS) is 13.6. The largest absolute Gasteiger partial charge is 0.372 e. The van der Waals surface area contributed by atoms with E-state index in [2.05, 4.69) is 18.8 Å². The van der Waals surface area contributed by atoms with Gasteiger partial charge in [-0.1, -0.05) is 37.3 Å². The van der Waals surface area contributed by atoms with E-state index in [1.165, 1.54) is 24.3 Å². The van der Waals surface area contributed by atoms with Crippen LogP contribution in [0.25, 0.3) is 0 Å². The van der Waals surface area contributed by atoms with Gasteiger partial charge in [-0.15, -0.1) is 11.6 Å². The second-order valence-corrected chi connectivity index (χ2v) is 4.17. The number of hydrogen-bond donors (Lipinski definition) is 1. The van der Waals surface area contributed by atoms with E-state index in [1.54, 1.807) is 0 Å². The zero-order valence-electron chi connectivity index (χ0n) is 9.84. The zero-order chi connectivity index (χ0) is 12.7. The molecule has 0 saturated carbocycles. The van der Waals surface area contributed by atoms with Gasteiger partial charge in [0.2, 0.25) is 0 Å². The Morgan fingerprint density at radius 1 is 1.35 bits per heavy atom. The molecule has 1 aromatic carbocycles. The molecule has 1 aromatic rings. The van der Waals surface area contributed by atoms with Crippen LogP contribution in [0.4, 0.5) is 4.39 Å². The quantitative estimate of drug-likeness (QED) is 0.496. The van der Waals surface area contributed by atoms with Crippen molar-refractivity contribution in [1.29, 1.82) is 0 Å². The Morgan fingerprint density at radius 3 is 2.53 bits per heavy atom. The molecule has 0 saturated heterocycles. The van der Waals surface area contributed by atoms with Gasteiger partial charge >= 0.3 is 0 Å². The van der Waals surface area contributed by atoms with Crippen LogP contribution in [0, 0.1) is 17.7 Å². The summed E-state index contributed by atoms with van der Waals surface area (Å²) in [5.74, 6) is 5.31. The highest BCUT2D eigenvalue weighted by molar-refractivity contribution is 6.18. The average Bonchev–Trinajstić information content (AvgIpc) is 2.35. The van der Waals surface area contributed by atoms with Crippen LogP contribution < -0.4 is 0 Å². The maximum atomic E-state index is 12.8. The molecule has 0 spiro atoms. The summed E-state index contributed by atoms with van der Waals surface area (Å²) in [5, 5.41) is 10.3. The molecule has 17 heavy (non-hydrogen) atoms. The zero-order valence-corrected chi connectivity index (χ0v) is 10.6. The molecular formula is C14H16ClFO. The van der Waals surface area contributed by atoms with Crippen molar-refractivity contribution in [2.45, 2.75) is 31.8 Å². The summed E-state index contributed by atoms with van der Waals surface area (Å²) in [6, 6.07) is 5.60. The summed E-state index contributed by atoms with van der Waals surface area (Å²) in [4.78, 5) is 0. The number of rotatable bonds is 4.